The fourth-order valence-electron chi connectivity index (χ4n) is 8.14. The minimum Gasteiger partial charge on any atom is -0.365 e. The number of tetrazole rings is 1. The topological polar surface area (TPSA) is 87.7 Å². The zero-order valence-electron chi connectivity index (χ0n) is 31.8. The molecule has 8 nitrogen and oxygen atoms in total. The third-order valence-corrected chi connectivity index (χ3v) is 11.0. The van der Waals surface area contributed by atoms with Gasteiger partial charge in [0.05, 0.1) is 24.1 Å². The molecule has 1 aliphatic heterocycles. The van der Waals surface area contributed by atoms with Crippen LogP contribution in [0, 0.1) is 0 Å². The highest BCUT2D eigenvalue weighted by atomic mass is 16.5. The fourth-order valence-corrected chi connectivity index (χ4v) is 8.14. The second-order valence-corrected chi connectivity index (χ2v) is 14.4. The maximum atomic E-state index is 14.2. The van der Waals surface area contributed by atoms with Gasteiger partial charge in [-0.3, -0.25) is 9.36 Å². The minimum atomic E-state index is -0.877. The van der Waals surface area contributed by atoms with Crippen LogP contribution >= 0.6 is 0 Å². The molecule has 280 valence electrons. The van der Waals surface area contributed by atoms with Crippen LogP contribution in [0.3, 0.4) is 0 Å². The summed E-state index contributed by atoms with van der Waals surface area (Å²) in [5.41, 5.74) is 7.80. The number of rotatable bonds is 12. The van der Waals surface area contributed by atoms with Crippen molar-refractivity contribution >= 4 is 10.9 Å². The first-order chi connectivity index (χ1) is 28.1. The smallest absolute Gasteiger partial charge is 0.261 e. The van der Waals surface area contributed by atoms with Crippen molar-refractivity contribution in [2.24, 2.45) is 0 Å². The molecule has 0 bridgehead atoms. The molecule has 0 spiro atoms. The number of aromatic nitrogens is 6. The summed E-state index contributed by atoms with van der Waals surface area (Å²) in [5, 5.41) is 14.5. The number of hydrogen-bond acceptors (Lipinski definition) is 6. The SMILES string of the molecule is CCCCc1nc2ccc(C3C=CCO3)cc2c(=O)n1Cc1ccc(-c2ccccc2-c2nnnn2C(c2ccccc2)(c2ccccc2)c2ccccc2)cc1. The van der Waals surface area contributed by atoms with E-state index in [1.807, 2.05) is 69.9 Å². The monoisotopic (exact) mass is 746 g/mol. The lowest BCUT2D eigenvalue weighted by Crippen LogP contribution is -2.39. The Morgan fingerprint density at radius 3 is 1.98 bits per heavy atom. The van der Waals surface area contributed by atoms with Gasteiger partial charge in [0.25, 0.3) is 5.56 Å². The lowest BCUT2D eigenvalue weighted by molar-refractivity contribution is 0.129. The molecule has 8 heteroatoms. The second-order valence-electron chi connectivity index (χ2n) is 14.4. The molecule has 0 aliphatic carbocycles. The molecule has 0 fully saturated rings. The van der Waals surface area contributed by atoms with Gasteiger partial charge in [0.1, 0.15) is 17.5 Å². The predicted molar refractivity (Wildman–Crippen MR) is 225 cm³/mol. The Balaban J connectivity index is 1.12. The Morgan fingerprint density at radius 1 is 0.737 bits per heavy atom. The van der Waals surface area contributed by atoms with Crippen LogP contribution in [0.4, 0.5) is 0 Å². The van der Waals surface area contributed by atoms with Gasteiger partial charge in [-0.15, -0.1) is 5.10 Å². The van der Waals surface area contributed by atoms with E-state index in [9.17, 15) is 4.79 Å². The Morgan fingerprint density at radius 2 is 1.37 bits per heavy atom. The Kier molecular flexibility index (Phi) is 9.93. The highest BCUT2D eigenvalue weighted by molar-refractivity contribution is 5.81. The molecule has 0 amide bonds. The van der Waals surface area contributed by atoms with Crippen LogP contribution in [0.1, 0.15) is 59.5 Å². The minimum absolute atomic E-state index is 0.0325. The van der Waals surface area contributed by atoms with E-state index in [-0.39, 0.29) is 11.7 Å². The molecule has 0 saturated heterocycles. The maximum absolute atomic E-state index is 14.2. The first-order valence-electron chi connectivity index (χ1n) is 19.6. The summed E-state index contributed by atoms with van der Waals surface area (Å²) in [6, 6.07) is 53.9. The van der Waals surface area contributed by atoms with Crippen molar-refractivity contribution in [1.29, 1.82) is 0 Å². The lowest BCUT2D eigenvalue weighted by Gasteiger charge is -2.36. The third kappa shape index (κ3) is 6.68. The molecule has 2 aromatic heterocycles. The summed E-state index contributed by atoms with van der Waals surface area (Å²) >= 11 is 0. The van der Waals surface area contributed by atoms with Crippen LogP contribution in [0.5, 0.6) is 0 Å². The lowest BCUT2D eigenvalue weighted by atomic mass is 9.77. The van der Waals surface area contributed by atoms with E-state index in [1.54, 1.807) is 0 Å². The molecule has 0 radical (unpaired) electrons. The Hall–Kier alpha value is -6.77. The van der Waals surface area contributed by atoms with Gasteiger partial charge in [-0.1, -0.05) is 171 Å². The van der Waals surface area contributed by atoms with E-state index in [0.717, 1.165) is 75.1 Å². The summed E-state index contributed by atoms with van der Waals surface area (Å²) < 4.78 is 9.66. The molecule has 57 heavy (non-hydrogen) atoms. The first-order valence-corrected chi connectivity index (χ1v) is 19.6. The molecular weight excluding hydrogens is 705 g/mol. The summed E-state index contributed by atoms with van der Waals surface area (Å²) in [7, 11) is 0. The van der Waals surface area contributed by atoms with Gasteiger partial charge in [-0.05, 0) is 67.9 Å². The maximum Gasteiger partial charge on any atom is 0.261 e. The van der Waals surface area contributed by atoms with Crippen molar-refractivity contribution in [3.8, 4) is 22.5 Å². The highest BCUT2D eigenvalue weighted by Gasteiger charge is 2.42. The van der Waals surface area contributed by atoms with Gasteiger partial charge in [0.15, 0.2) is 5.82 Å². The van der Waals surface area contributed by atoms with E-state index >= 15 is 0 Å². The van der Waals surface area contributed by atoms with Crippen molar-refractivity contribution < 1.29 is 4.74 Å². The summed E-state index contributed by atoms with van der Waals surface area (Å²) in [4.78, 5) is 19.2. The van der Waals surface area contributed by atoms with Crippen LogP contribution < -0.4 is 5.56 Å². The summed E-state index contributed by atoms with van der Waals surface area (Å²) in [6.07, 6.45) is 6.60. The van der Waals surface area contributed by atoms with Crippen molar-refractivity contribution in [3.63, 3.8) is 0 Å². The van der Waals surface area contributed by atoms with E-state index < -0.39 is 5.54 Å². The van der Waals surface area contributed by atoms with E-state index in [0.29, 0.717) is 24.4 Å². The van der Waals surface area contributed by atoms with Gasteiger partial charge >= 0.3 is 0 Å². The van der Waals surface area contributed by atoms with Gasteiger partial charge in [0, 0.05) is 12.0 Å². The zero-order valence-corrected chi connectivity index (χ0v) is 31.8. The summed E-state index contributed by atoms with van der Waals surface area (Å²) in [6.45, 7) is 3.15. The average Bonchev–Trinajstić information content (AvgIpc) is 4.00. The molecule has 3 heterocycles. The van der Waals surface area contributed by atoms with Crippen LogP contribution in [0.15, 0.2) is 175 Å². The number of ether oxygens (including phenoxy) is 1. The molecule has 6 aromatic carbocycles. The van der Waals surface area contributed by atoms with Crippen LogP contribution in [0.2, 0.25) is 0 Å². The molecule has 1 atom stereocenters. The van der Waals surface area contributed by atoms with E-state index in [4.69, 9.17) is 20.0 Å². The van der Waals surface area contributed by atoms with Gasteiger partial charge in [-0.25, -0.2) is 9.67 Å². The summed E-state index contributed by atoms with van der Waals surface area (Å²) in [5.74, 6) is 1.44. The highest BCUT2D eigenvalue weighted by Crippen LogP contribution is 2.43. The predicted octanol–water partition coefficient (Wildman–Crippen LogP) is 9.58. The molecule has 0 saturated carbocycles. The molecular formula is C49H42N6O2. The fraction of sp³-hybridized carbons (Fsp3) is 0.163. The standard InChI is InChI=1S/C49H42N6O2/c1-2-3-25-46-50-44-31-30-37(45-24-15-32-57-45)33-43(44)48(56)54(46)34-35-26-28-36(29-27-35)41-22-13-14-23-42(41)47-51-52-53-55(47)49(38-16-7-4-8-17-38,39-18-9-5-10-19-39)40-20-11-6-12-21-40/h4-24,26-31,33,45H,2-3,25,32,34H2,1H3. The second kappa shape index (κ2) is 15.8. The quantitative estimate of drug-likeness (QED) is 0.0915. The van der Waals surface area contributed by atoms with Crippen LogP contribution in [-0.2, 0) is 23.2 Å². The van der Waals surface area contributed by atoms with Gasteiger partial charge < -0.3 is 4.74 Å². The van der Waals surface area contributed by atoms with Gasteiger partial charge in [-0.2, -0.15) is 0 Å². The van der Waals surface area contributed by atoms with E-state index in [2.05, 4.69) is 121 Å². The number of unbranched alkanes of at least 4 members (excludes halogenated alkanes) is 1. The molecule has 9 rings (SSSR count). The van der Waals surface area contributed by atoms with Crippen molar-refractivity contribution in [3.05, 3.63) is 214 Å². The van der Waals surface area contributed by atoms with Crippen LogP contribution in [-0.4, -0.2) is 36.4 Å². The van der Waals surface area contributed by atoms with Crippen LogP contribution in [0.25, 0.3) is 33.4 Å². The number of hydrogen-bond donors (Lipinski definition) is 0. The Labute approximate surface area is 331 Å². The average molecular weight is 747 g/mol. The first kappa shape index (κ1) is 35.9. The van der Waals surface area contributed by atoms with Crippen molar-refractivity contribution in [2.75, 3.05) is 6.61 Å². The molecule has 8 aromatic rings. The number of nitrogens with zero attached hydrogens (tertiary/aromatic N) is 6. The Bertz CT molecular complexity index is 2630. The zero-order chi connectivity index (χ0) is 38.6. The number of aryl methyl sites for hydroxylation is 1. The number of benzene rings is 6. The third-order valence-electron chi connectivity index (χ3n) is 11.0. The molecule has 1 unspecified atom stereocenters. The van der Waals surface area contributed by atoms with Gasteiger partial charge in [0.2, 0.25) is 0 Å². The molecule has 1 aliphatic rings. The normalized spacial score (nSPS) is 14.0. The largest absolute Gasteiger partial charge is 0.365 e. The van der Waals surface area contributed by atoms with E-state index in [1.165, 1.54) is 0 Å². The number of fused-ring (bicyclic) bond motifs is 1. The molecule has 0 N–H and O–H groups in total. The van der Waals surface area contributed by atoms with Crippen molar-refractivity contribution in [2.45, 2.75) is 44.4 Å². The van der Waals surface area contributed by atoms with Crippen molar-refractivity contribution in [1.82, 2.24) is 29.8 Å².